The first kappa shape index (κ1) is 15.1. The first-order valence-electron chi connectivity index (χ1n) is 7.77. The van der Waals surface area contributed by atoms with Gasteiger partial charge in [0.1, 0.15) is 0 Å². The normalized spacial score (nSPS) is 11.2. The second kappa shape index (κ2) is 7.47. The molecule has 0 spiro atoms. The molecule has 2 aromatic carbocycles. The molecule has 0 nitrogen and oxygen atoms in total. The molecule has 1 heteroatoms. The molecule has 0 unspecified atom stereocenters. The van der Waals surface area contributed by atoms with Gasteiger partial charge < -0.3 is 0 Å². The Kier molecular flexibility index (Phi) is 5.94. The molecule has 0 saturated carbocycles. The number of hydrogen-bond acceptors (Lipinski definition) is 0. The van der Waals surface area contributed by atoms with Gasteiger partial charge in [0.2, 0.25) is 0 Å². The van der Waals surface area contributed by atoms with Crippen LogP contribution in [0.1, 0.15) is 50.7 Å². The Morgan fingerprint density at radius 2 is 1.63 bits per heavy atom. The van der Waals surface area contributed by atoms with Crippen LogP contribution in [0.25, 0.3) is 10.8 Å². The monoisotopic (exact) mass is 262 g/mol. The van der Waals surface area contributed by atoms with Crippen LogP contribution in [0.4, 0.5) is 0 Å². The summed E-state index contributed by atoms with van der Waals surface area (Å²) in [6, 6.07) is 11.8. The van der Waals surface area contributed by atoms with Gasteiger partial charge in [-0.05, 0) is 0 Å². The fraction of sp³-hybridized carbons (Fsp3) is 0.444. The summed E-state index contributed by atoms with van der Waals surface area (Å²) in [5.41, 5.74) is 3.21. The molecule has 0 aromatic heterocycles. The molecule has 0 fully saturated rings. The predicted molar refractivity (Wildman–Crippen MR) is 86.6 cm³/mol. The Labute approximate surface area is 135 Å². The molecule has 0 aliphatic rings. The molecule has 0 N–H and O–H groups in total. The number of unbranched alkanes of at least 4 members (excludes halogenated alkanes) is 2. The zero-order valence-corrected chi connectivity index (χ0v) is 14.6. The van der Waals surface area contributed by atoms with Crippen molar-refractivity contribution in [2.24, 2.45) is 0 Å². The molecule has 19 heavy (non-hydrogen) atoms. The standard InChI is InChI=1S/C18H23.Na/c1-3-5-9-15-13-14-16-10-7-8-12-18(16)17(15)11-6-4-2;/h8,10,12-14H,3-6,9,11H2,1-2H3;. The molecule has 0 aliphatic heterocycles. The quantitative estimate of drug-likeness (QED) is 0.680. The first-order valence-corrected chi connectivity index (χ1v) is 8.77. The number of benzene rings is 2. The van der Waals surface area contributed by atoms with Gasteiger partial charge in [-0.25, -0.2) is 0 Å². The van der Waals surface area contributed by atoms with E-state index >= 15 is 0 Å². The molecular weight excluding hydrogens is 239 g/mol. The molecule has 96 valence electrons. The third-order valence-electron chi connectivity index (χ3n) is 3.96. The maximum atomic E-state index is 2.38. The average Bonchev–Trinajstić information content (AvgIpc) is 2.42. The summed E-state index contributed by atoms with van der Waals surface area (Å²) in [5.74, 6) is 0. The molecule has 0 aliphatic carbocycles. The molecular formula is C18H23Na. The van der Waals surface area contributed by atoms with Crippen molar-refractivity contribution in [3.05, 3.63) is 41.5 Å². The number of hydrogen-bond donors (Lipinski definition) is 0. The van der Waals surface area contributed by atoms with Crippen molar-refractivity contribution in [3.63, 3.8) is 0 Å². The minimum absolute atomic E-state index is 1.14. The summed E-state index contributed by atoms with van der Waals surface area (Å²) < 4.78 is 1.50. The van der Waals surface area contributed by atoms with E-state index in [1.165, 1.54) is 52.1 Å². The minimum atomic E-state index is 1.14. The van der Waals surface area contributed by atoms with Crippen molar-refractivity contribution in [2.75, 3.05) is 0 Å². The SMILES string of the molecule is CCCCc1ccc2c[c]([Na])ccc2c1CCCC. The fourth-order valence-corrected chi connectivity index (χ4v) is 3.29. The van der Waals surface area contributed by atoms with Crippen molar-refractivity contribution < 1.29 is 0 Å². The van der Waals surface area contributed by atoms with Gasteiger partial charge in [0.25, 0.3) is 0 Å². The Balaban J connectivity index is 2.45. The Bertz CT molecular complexity index is 543. The van der Waals surface area contributed by atoms with E-state index < -0.39 is 0 Å². The molecule has 0 saturated heterocycles. The topological polar surface area (TPSA) is 0 Å². The third kappa shape index (κ3) is 3.84. The van der Waals surface area contributed by atoms with Gasteiger partial charge in [0.05, 0.1) is 0 Å². The van der Waals surface area contributed by atoms with Gasteiger partial charge in [-0.3, -0.25) is 0 Å². The van der Waals surface area contributed by atoms with Crippen LogP contribution in [-0.4, -0.2) is 27.9 Å². The molecule has 0 bridgehead atoms. The van der Waals surface area contributed by atoms with Crippen LogP contribution in [-0.2, 0) is 12.8 Å². The second-order valence-electron chi connectivity index (χ2n) is 5.63. The van der Waals surface area contributed by atoms with Crippen LogP contribution in [0.3, 0.4) is 0 Å². The summed E-state index contributed by atoms with van der Waals surface area (Å²) in [6.45, 7) is 4.56. The van der Waals surface area contributed by atoms with E-state index in [4.69, 9.17) is 0 Å². The molecule has 2 aromatic rings. The van der Waals surface area contributed by atoms with Gasteiger partial charge in [-0.15, -0.1) is 0 Å². The van der Waals surface area contributed by atoms with E-state index in [1.807, 2.05) is 0 Å². The summed E-state index contributed by atoms with van der Waals surface area (Å²) in [6.07, 6.45) is 7.67. The van der Waals surface area contributed by atoms with Crippen LogP contribution in [0.15, 0.2) is 30.3 Å². The molecule has 0 radical (unpaired) electrons. The summed E-state index contributed by atoms with van der Waals surface area (Å²) in [7, 11) is 0. The van der Waals surface area contributed by atoms with E-state index in [1.54, 1.807) is 11.1 Å². The van der Waals surface area contributed by atoms with Crippen LogP contribution in [0.5, 0.6) is 0 Å². The van der Waals surface area contributed by atoms with Crippen LogP contribution < -0.4 is 2.81 Å². The molecule has 0 atom stereocenters. The van der Waals surface area contributed by atoms with E-state index in [2.05, 4.69) is 44.2 Å². The summed E-state index contributed by atoms with van der Waals surface area (Å²) in [5, 5.41) is 2.94. The fourth-order valence-electron chi connectivity index (χ4n) is 2.81. The van der Waals surface area contributed by atoms with E-state index in [9.17, 15) is 0 Å². The average molecular weight is 262 g/mol. The Hall–Kier alpha value is -0.300. The predicted octanol–water partition coefficient (Wildman–Crippen LogP) is 4.32. The molecule has 0 amide bonds. The van der Waals surface area contributed by atoms with Crippen molar-refractivity contribution >= 4 is 41.5 Å². The Morgan fingerprint density at radius 1 is 0.895 bits per heavy atom. The van der Waals surface area contributed by atoms with Crippen molar-refractivity contribution in [2.45, 2.75) is 52.4 Å². The summed E-state index contributed by atoms with van der Waals surface area (Å²) in [4.78, 5) is 0. The van der Waals surface area contributed by atoms with Crippen molar-refractivity contribution in [1.82, 2.24) is 0 Å². The zero-order valence-electron chi connectivity index (χ0n) is 12.6. The van der Waals surface area contributed by atoms with Crippen LogP contribution in [0.2, 0.25) is 0 Å². The van der Waals surface area contributed by atoms with Gasteiger partial charge in [-0.2, -0.15) is 0 Å². The van der Waals surface area contributed by atoms with Gasteiger partial charge >= 0.3 is 135 Å². The van der Waals surface area contributed by atoms with Crippen molar-refractivity contribution in [3.8, 4) is 0 Å². The molecule has 2 rings (SSSR count). The van der Waals surface area contributed by atoms with Crippen molar-refractivity contribution in [1.29, 1.82) is 0 Å². The van der Waals surface area contributed by atoms with E-state index in [-0.39, 0.29) is 0 Å². The number of aryl methyl sites for hydroxylation is 2. The van der Waals surface area contributed by atoms with Gasteiger partial charge in [-0.1, -0.05) is 0 Å². The molecule has 0 heterocycles. The van der Waals surface area contributed by atoms with Gasteiger partial charge in [0, 0.05) is 0 Å². The maximum absolute atomic E-state index is 2.38. The van der Waals surface area contributed by atoms with E-state index in [0.717, 1.165) is 27.9 Å². The summed E-state index contributed by atoms with van der Waals surface area (Å²) >= 11 is 1.14. The number of fused-ring (bicyclic) bond motifs is 1. The van der Waals surface area contributed by atoms with Crippen LogP contribution in [0, 0.1) is 0 Å². The zero-order chi connectivity index (χ0) is 13.7. The number of rotatable bonds is 6. The van der Waals surface area contributed by atoms with E-state index in [0.29, 0.717) is 0 Å². The van der Waals surface area contributed by atoms with Crippen LogP contribution >= 0.6 is 0 Å². The van der Waals surface area contributed by atoms with Gasteiger partial charge in [0.15, 0.2) is 0 Å². The second-order valence-corrected chi connectivity index (χ2v) is 6.79. The first-order chi connectivity index (χ1) is 9.26. The third-order valence-corrected chi connectivity index (χ3v) is 4.59. The Morgan fingerprint density at radius 3 is 2.37 bits per heavy atom.